The largest absolute Gasteiger partial charge is 0.375 e. The molecule has 0 saturated carbocycles. The summed E-state index contributed by atoms with van der Waals surface area (Å²) in [5.74, 6) is 0.326. The number of ether oxygens (including phenoxy) is 1. The van der Waals surface area contributed by atoms with E-state index in [1.54, 1.807) is 0 Å². The van der Waals surface area contributed by atoms with Gasteiger partial charge in [0, 0.05) is 6.54 Å². The summed E-state index contributed by atoms with van der Waals surface area (Å²) in [6.07, 6.45) is 0.705. The van der Waals surface area contributed by atoms with Crippen molar-refractivity contribution in [2.45, 2.75) is 32.9 Å². The van der Waals surface area contributed by atoms with Crippen molar-refractivity contribution < 1.29 is 9.53 Å². The molecule has 0 aliphatic carbocycles. The van der Waals surface area contributed by atoms with Crippen LogP contribution in [0.5, 0.6) is 0 Å². The fourth-order valence-electron chi connectivity index (χ4n) is 1.76. The predicted molar refractivity (Wildman–Crippen MR) is 83.8 cm³/mol. The second kappa shape index (κ2) is 10.7. The molecule has 5 heteroatoms. The average molecular weight is 301 g/mol. The van der Waals surface area contributed by atoms with Crippen LogP contribution in [0.1, 0.15) is 25.8 Å². The van der Waals surface area contributed by atoms with Crippen molar-refractivity contribution in [3.8, 4) is 0 Å². The van der Waals surface area contributed by atoms with E-state index in [0.29, 0.717) is 32.1 Å². The van der Waals surface area contributed by atoms with Gasteiger partial charge < -0.3 is 15.8 Å². The number of hydrogen-bond acceptors (Lipinski definition) is 3. The lowest BCUT2D eigenvalue weighted by Crippen LogP contribution is -2.42. The van der Waals surface area contributed by atoms with E-state index >= 15 is 0 Å². The number of carbonyl (C=O) groups is 1. The first-order valence-corrected chi connectivity index (χ1v) is 6.74. The fraction of sp³-hybridized carbons (Fsp3) is 0.533. The Labute approximate surface area is 127 Å². The Morgan fingerprint density at radius 1 is 1.30 bits per heavy atom. The number of halogens is 1. The molecule has 1 aromatic carbocycles. The van der Waals surface area contributed by atoms with Crippen LogP contribution in [0.15, 0.2) is 30.3 Å². The fourth-order valence-corrected chi connectivity index (χ4v) is 1.76. The van der Waals surface area contributed by atoms with Crippen molar-refractivity contribution in [1.82, 2.24) is 5.32 Å². The average Bonchev–Trinajstić information content (AvgIpc) is 2.38. The molecule has 114 valence electrons. The molecular formula is C15H25ClN2O2. The highest BCUT2D eigenvalue weighted by Crippen LogP contribution is 2.02. The number of nitrogens with two attached hydrogens (primary N) is 1. The van der Waals surface area contributed by atoms with Gasteiger partial charge in [0.1, 0.15) is 0 Å². The highest BCUT2D eigenvalue weighted by Gasteiger charge is 2.13. The van der Waals surface area contributed by atoms with Gasteiger partial charge in [-0.2, -0.15) is 0 Å². The van der Waals surface area contributed by atoms with Crippen LogP contribution in [0.4, 0.5) is 0 Å². The maximum absolute atomic E-state index is 11.6. The van der Waals surface area contributed by atoms with Gasteiger partial charge >= 0.3 is 0 Å². The van der Waals surface area contributed by atoms with Crippen LogP contribution in [0.2, 0.25) is 0 Å². The third-order valence-corrected chi connectivity index (χ3v) is 2.72. The summed E-state index contributed by atoms with van der Waals surface area (Å²) in [6, 6.07) is 9.53. The van der Waals surface area contributed by atoms with Gasteiger partial charge in [-0.1, -0.05) is 44.2 Å². The Balaban J connectivity index is 0.00000361. The molecule has 0 unspecified atom stereocenters. The number of nitrogens with one attached hydrogen (secondary N) is 1. The summed E-state index contributed by atoms with van der Waals surface area (Å²) in [7, 11) is 0. The maximum Gasteiger partial charge on any atom is 0.237 e. The van der Waals surface area contributed by atoms with E-state index in [0.717, 1.165) is 5.56 Å². The number of rotatable bonds is 8. The SMILES string of the molecule is CC(C)C[C@H](N)C(=O)NCCOCc1ccccc1.Cl. The van der Waals surface area contributed by atoms with E-state index in [2.05, 4.69) is 19.2 Å². The quantitative estimate of drug-likeness (QED) is 0.723. The molecule has 0 aliphatic heterocycles. The standard InChI is InChI=1S/C15H24N2O2.ClH/c1-12(2)10-14(16)15(18)17-8-9-19-11-13-6-4-3-5-7-13;/h3-7,12,14H,8-11,16H2,1-2H3,(H,17,18);1H/t14-;/m0./s1. The molecule has 0 aromatic heterocycles. The Kier molecular flexibility index (Phi) is 10.1. The van der Waals surface area contributed by atoms with Gasteiger partial charge in [-0.05, 0) is 17.9 Å². The molecule has 0 bridgehead atoms. The molecule has 20 heavy (non-hydrogen) atoms. The molecule has 4 nitrogen and oxygen atoms in total. The highest BCUT2D eigenvalue weighted by molar-refractivity contribution is 5.85. The van der Waals surface area contributed by atoms with E-state index in [-0.39, 0.29) is 18.3 Å². The zero-order valence-electron chi connectivity index (χ0n) is 12.2. The first kappa shape index (κ1) is 18.9. The minimum absolute atomic E-state index is 0. The van der Waals surface area contributed by atoms with Crippen LogP contribution in [-0.2, 0) is 16.1 Å². The summed E-state index contributed by atoms with van der Waals surface area (Å²) in [5, 5.41) is 2.79. The van der Waals surface area contributed by atoms with Gasteiger partial charge in [0.05, 0.1) is 19.3 Å². The van der Waals surface area contributed by atoms with Crippen molar-refractivity contribution >= 4 is 18.3 Å². The summed E-state index contributed by atoms with van der Waals surface area (Å²) >= 11 is 0. The van der Waals surface area contributed by atoms with Gasteiger partial charge in [-0.3, -0.25) is 4.79 Å². The molecule has 0 radical (unpaired) electrons. The molecule has 0 fully saturated rings. The molecule has 0 spiro atoms. The third-order valence-electron chi connectivity index (χ3n) is 2.72. The van der Waals surface area contributed by atoms with Crippen molar-refractivity contribution in [3.63, 3.8) is 0 Å². The van der Waals surface area contributed by atoms with E-state index in [4.69, 9.17) is 10.5 Å². The van der Waals surface area contributed by atoms with Crippen molar-refractivity contribution in [3.05, 3.63) is 35.9 Å². The third kappa shape index (κ3) is 8.15. The molecule has 0 saturated heterocycles. The van der Waals surface area contributed by atoms with E-state index in [9.17, 15) is 4.79 Å². The second-order valence-corrected chi connectivity index (χ2v) is 5.07. The summed E-state index contributed by atoms with van der Waals surface area (Å²) in [6.45, 7) is 5.66. The van der Waals surface area contributed by atoms with Crippen LogP contribution < -0.4 is 11.1 Å². The first-order valence-electron chi connectivity index (χ1n) is 6.74. The van der Waals surface area contributed by atoms with Gasteiger partial charge in [-0.15, -0.1) is 12.4 Å². The lowest BCUT2D eigenvalue weighted by atomic mass is 10.0. The van der Waals surface area contributed by atoms with Crippen LogP contribution in [0.3, 0.4) is 0 Å². The lowest BCUT2D eigenvalue weighted by Gasteiger charge is -2.14. The summed E-state index contributed by atoms with van der Waals surface area (Å²) in [4.78, 5) is 11.6. The number of hydrogen-bond donors (Lipinski definition) is 2. The zero-order valence-corrected chi connectivity index (χ0v) is 13.0. The minimum Gasteiger partial charge on any atom is -0.375 e. The van der Waals surface area contributed by atoms with Gasteiger partial charge in [-0.25, -0.2) is 0 Å². The second-order valence-electron chi connectivity index (χ2n) is 5.07. The van der Waals surface area contributed by atoms with Gasteiger partial charge in [0.15, 0.2) is 0 Å². The number of carbonyl (C=O) groups excluding carboxylic acids is 1. The van der Waals surface area contributed by atoms with E-state index in [1.807, 2.05) is 30.3 Å². The molecule has 3 N–H and O–H groups in total. The van der Waals surface area contributed by atoms with Crippen LogP contribution in [0.25, 0.3) is 0 Å². The van der Waals surface area contributed by atoms with Crippen LogP contribution >= 0.6 is 12.4 Å². The maximum atomic E-state index is 11.6. The minimum atomic E-state index is -0.422. The summed E-state index contributed by atoms with van der Waals surface area (Å²) in [5.41, 5.74) is 6.90. The Hall–Kier alpha value is -1.10. The Morgan fingerprint density at radius 2 is 1.95 bits per heavy atom. The molecule has 1 aromatic rings. The Bertz CT molecular complexity index is 371. The smallest absolute Gasteiger partial charge is 0.237 e. The van der Waals surface area contributed by atoms with Crippen LogP contribution in [-0.4, -0.2) is 25.1 Å². The van der Waals surface area contributed by atoms with Crippen molar-refractivity contribution in [2.75, 3.05) is 13.2 Å². The Morgan fingerprint density at radius 3 is 2.55 bits per heavy atom. The molecule has 0 heterocycles. The summed E-state index contributed by atoms with van der Waals surface area (Å²) < 4.78 is 5.48. The van der Waals surface area contributed by atoms with Crippen molar-refractivity contribution in [1.29, 1.82) is 0 Å². The van der Waals surface area contributed by atoms with E-state index < -0.39 is 6.04 Å². The monoisotopic (exact) mass is 300 g/mol. The van der Waals surface area contributed by atoms with Crippen molar-refractivity contribution in [2.24, 2.45) is 11.7 Å². The van der Waals surface area contributed by atoms with Gasteiger partial charge in [0.25, 0.3) is 0 Å². The molecule has 1 amide bonds. The number of benzene rings is 1. The first-order chi connectivity index (χ1) is 9.09. The molecule has 1 rings (SSSR count). The lowest BCUT2D eigenvalue weighted by molar-refractivity contribution is -0.122. The number of amides is 1. The molecule has 1 atom stereocenters. The topological polar surface area (TPSA) is 64.4 Å². The molecule has 0 aliphatic rings. The highest BCUT2D eigenvalue weighted by atomic mass is 35.5. The van der Waals surface area contributed by atoms with Crippen LogP contribution in [0, 0.1) is 5.92 Å². The van der Waals surface area contributed by atoms with E-state index in [1.165, 1.54) is 0 Å². The normalized spacial score (nSPS) is 11.8. The predicted octanol–water partition coefficient (Wildman–Crippen LogP) is 2.11. The zero-order chi connectivity index (χ0) is 14.1. The molecular weight excluding hydrogens is 276 g/mol. The van der Waals surface area contributed by atoms with Gasteiger partial charge in [0.2, 0.25) is 5.91 Å².